The van der Waals surface area contributed by atoms with Crippen LogP contribution in [0.25, 0.3) is 0 Å². The highest BCUT2D eigenvalue weighted by atomic mass is 16.5. The molecule has 0 aliphatic rings. The Bertz CT molecular complexity index is 628. The van der Waals surface area contributed by atoms with E-state index in [1.54, 1.807) is 13.3 Å². The van der Waals surface area contributed by atoms with E-state index in [1.165, 1.54) is 6.20 Å². The Hall–Kier alpha value is -2.63. The number of hydrogen-bond acceptors (Lipinski definition) is 5. The standard InChI is InChI=1S/C15H18N4O2/c1-10(11-4-6-12(21-3)7-5-11)19(2)14-9-17-8-13(18-14)15(16)20/h4-10H,1-3H3,(H2,16,20). The molecule has 1 atom stereocenters. The largest absolute Gasteiger partial charge is 0.497 e. The highest BCUT2D eigenvalue weighted by Gasteiger charge is 2.15. The van der Waals surface area contributed by atoms with Gasteiger partial charge >= 0.3 is 0 Å². The summed E-state index contributed by atoms with van der Waals surface area (Å²) in [5.74, 6) is 0.814. The summed E-state index contributed by atoms with van der Waals surface area (Å²) in [6, 6.07) is 7.86. The summed E-state index contributed by atoms with van der Waals surface area (Å²) in [6.45, 7) is 2.04. The molecule has 0 saturated heterocycles. The normalized spacial score (nSPS) is 11.8. The molecule has 1 amide bonds. The summed E-state index contributed by atoms with van der Waals surface area (Å²) in [4.78, 5) is 21.3. The molecular weight excluding hydrogens is 268 g/mol. The molecule has 0 fully saturated rings. The first kappa shape index (κ1) is 14.8. The number of benzene rings is 1. The summed E-state index contributed by atoms with van der Waals surface area (Å²) in [5.41, 5.74) is 6.48. The molecule has 1 unspecified atom stereocenters. The van der Waals surface area contributed by atoms with Crippen LogP contribution in [0.1, 0.15) is 29.0 Å². The summed E-state index contributed by atoms with van der Waals surface area (Å²) < 4.78 is 5.15. The van der Waals surface area contributed by atoms with E-state index in [4.69, 9.17) is 10.5 Å². The Morgan fingerprint density at radius 3 is 2.52 bits per heavy atom. The van der Waals surface area contributed by atoms with Crippen molar-refractivity contribution in [3.8, 4) is 5.75 Å². The first-order valence-electron chi connectivity index (χ1n) is 6.51. The molecule has 2 aromatic rings. The topological polar surface area (TPSA) is 81.3 Å². The van der Waals surface area contributed by atoms with Gasteiger partial charge in [-0.3, -0.25) is 9.78 Å². The van der Waals surface area contributed by atoms with Crippen LogP contribution < -0.4 is 15.4 Å². The molecule has 0 radical (unpaired) electrons. The van der Waals surface area contributed by atoms with Crippen molar-refractivity contribution in [3.63, 3.8) is 0 Å². The van der Waals surface area contributed by atoms with Gasteiger partial charge in [0.1, 0.15) is 17.3 Å². The van der Waals surface area contributed by atoms with Gasteiger partial charge in [0.15, 0.2) is 0 Å². The van der Waals surface area contributed by atoms with Gasteiger partial charge in [0.05, 0.1) is 25.5 Å². The molecule has 0 saturated carbocycles. The van der Waals surface area contributed by atoms with Gasteiger partial charge < -0.3 is 15.4 Å². The average molecular weight is 286 g/mol. The predicted molar refractivity (Wildman–Crippen MR) is 80.4 cm³/mol. The number of ether oxygens (including phenoxy) is 1. The fraction of sp³-hybridized carbons (Fsp3) is 0.267. The lowest BCUT2D eigenvalue weighted by molar-refractivity contribution is 0.0995. The molecule has 1 heterocycles. The third-order valence-corrected chi connectivity index (χ3v) is 3.41. The van der Waals surface area contributed by atoms with Crippen molar-refractivity contribution in [1.82, 2.24) is 9.97 Å². The Kier molecular flexibility index (Phi) is 4.37. The minimum Gasteiger partial charge on any atom is -0.497 e. The number of rotatable bonds is 5. The molecule has 6 nitrogen and oxygen atoms in total. The van der Waals surface area contributed by atoms with Gasteiger partial charge in [-0.25, -0.2) is 4.98 Å². The molecule has 21 heavy (non-hydrogen) atoms. The second kappa shape index (κ2) is 6.21. The Labute approximate surface area is 123 Å². The van der Waals surface area contributed by atoms with Crippen molar-refractivity contribution in [2.24, 2.45) is 5.73 Å². The smallest absolute Gasteiger partial charge is 0.268 e. The highest BCUT2D eigenvalue weighted by molar-refractivity contribution is 5.90. The first-order chi connectivity index (χ1) is 10.0. The van der Waals surface area contributed by atoms with Crippen LogP contribution in [-0.4, -0.2) is 30.0 Å². The number of methoxy groups -OCH3 is 1. The SMILES string of the molecule is COc1ccc(C(C)N(C)c2cncc(C(N)=O)n2)cc1. The van der Waals surface area contributed by atoms with Crippen LogP contribution in [0.2, 0.25) is 0 Å². The molecule has 1 aromatic carbocycles. The predicted octanol–water partition coefficient (Wildman–Crippen LogP) is 1.78. The first-order valence-corrected chi connectivity index (χ1v) is 6.51. The molecule has 0 aliphatic carbocycles. The van der Waals surface area contributed by atoms with Gasteiger partial charge in [0.25, 0.3) is 5.91 Å². The lowest BCUT2D eigenvalue weighted by atomic mass is 10.1. The quantitative estimate of drug-likeness (QED) is 0.906. The third kappa shape index (κ3) is 3.28. The fourth-order valence-corrected chi connectivity index (χ4v) is 1.95. The van der Waals surface area contributed by atoms with Crippen molar-refractivity contribution in [2.45, 2.75) is 13.0 Å². The van der Waals surface area contributed by atoms with Crippen molar-refractivity contribution >= 4 is 11.7 Å². The second-order valence-electron chi connectivity index (χ2n) is 4.69. The fourth-order valence-electron chi connectivity index (χ4n) is 1.95. The van der Waals surface area contributed by atoms with E-state index < -0.39 is 5.91 Å². The van der Waals surface area contributed by atoms with Crippen molar-refractivity contribution in [2.75, 3.05) is 19.1 Å². The molecule has 0 spiro atoms. The van der Waals surface area contributed by atoms with E-state index in [2.05, 4.69) is 9.97 Å². The third-order valence-electron chi connectivity index (χ3n) is 3.41. The van der Waals surface area contributed by atoms with E-state index in [0.717, 1.165) is 11.3 Å². The number of nitrogens with zero attached hydrogens (tertiary/aromatic N) is 3. The zero-order chi connectivity index (χ0) is 15.4. The maximum Gasteiger partial charge on any atom is 0.268 e. The highest BCUT2D eigenvalue weighted by Crippen LogP contribution is 2.25. The monoisotopic (exact) mass is 286 g/mol. The maximum atomic E-state index is 11.2. The summed E-state index contributed by atoms with van der Waals surface area (Å²) in [5, 5.41) is 0. The number of carbonyl (C=O) groups excluding carboxylic acids is 1. The summed E-state index contributed by atoms with van der Waals surface area (Å²) in [6.07, 6.45) is 2.96. The molecule has 110 valence electrons. The molecule has 2 N–H and O–H groups in total. The van der Waals surface area contributed by atoms with Crippen molar-refractivity contribution < 1.29 is 9.53 Å². The van der Waals surface area contributed by atoms with Crippen LogP contribution in [0.15, 0.2) is 36.7 Å². The Morgan fingerprint density at radius 1 is 1.29 bits per heavy atom. The molecule has 1 aromatic heterocycles. The van der Waals surface area contributed by atoms with E-state index in [9.17, 15) is 4.79 Å². The molecule has 0 aliphatic heterocycles. The minimum atomic E-state index is -0.588. The maximum absolute atomic E-state index is 11.2. The Balaban J connectivity index is 2.23. The van der Waals surface area contributed by atoms with Crippen LogP contribution in [0.4, 0.5) is 5.82 Å². The van der Waals surface area contributed by atoms with Crippen LogP contribution in [-0.2, 0) is 0 Å². The van der Waals surface area contributed by atoms with Gasteiger partial charge in [0, 0.05) is 7.05 Å². The van der Waals surface area contributed by atoms with E-state index in [1.807, 2.05) is 43.1 Å². The molecule has 2 rings (SSSR count). The number of amides is 1. The molecule has 0 bridgehead atoms. The van der Waals surface area contributed by atoms with E-state index in [-0.39, 0.29) is 11.7 Å². The number of nitrogens with two attached hydrogens (primary N) is 1. The zero-order valence-corrected chi connectivity index (χ0v) is 12.3. The van der Waals surface area contributed by atoms with Gasteiger partial charge in [-0.1, -0.05) is 12.1 Å². The van der Waals surface area contributed by atoms with E-state index in [0.29, 0.717) is 5.82 Å². The minimum absolute atomic E-state index is 0.0633. The average Bonchev–Trinajstić information content (AvgIpc) is 2.53. The summed E-state index contributed by atoms with van der Waals surface area (Å²) in [7, 11) is 3.53. The van der Waals surface area contributed by atoms with Gasteiger partial charge in [-0.05, 0) is 24.6 Å². The Morgan fingerprint density at radius 2 is 1.95 bits per heavy atom. The molecular formula is C15H18N4O2. The molecule has 6 heteroatoms. The van der Waals surface area contributed by atoms with Crippen LogP contribution >= 0.6 is 0 Å². The van der Waals surface area contributed by atoms with Gasteiger partial charge in [0.2, 0.25) is 0 Å². The van der Waals surface area contributed by atoms with Gasteiger partial charge in [-0.15, -0.1) is 0 Å². The van der Waals surface area contributed by atoms with E-state index >= 15 is 0 Å². The number of hydrogen-bond donors (Lipinski definition) is 1. The zero-order valence-electron chi connectivity index (χ0n) is 12.3. The van der Waals surface area contributed by atoms with Crippen molar-refractivity contribution in [1.29, 1.82) is 0 Å². The van der Waals surface area contributed by atoms with Crippen molar-refractivity contribution in [3.05, 3.63) is 47.9 Å². The number of anilines is 1. The second-order valence-corrected chi connectivity index (χ2v) is 4.69. The van der Waals surface area contributed by atoms with Crippen LogP contribution in [0.3, 0.4) is 0 Å². The lowest BCUT2D eigenvalue weighted by Gasteiger charge is -2.26. The summed E-state index contributed by atoms with van der Waals surface area (Å²) >= 11 is 0. The number of carbonyl (C=O) groups is 1. The van der Waals surface area contributed by atoms with Crippen LogP contribution in [0.5, 0.6) is 5.75 Å². The van der Waals surface area contributed by atoms with Crippen LogP contribution in [0, 0.1) is 0 Å². The lowest BCUT2D eigenvalue weighted by Crippen LogP contribution is -2.24. The number of primary amides is 1. The number of aromatic nitrogens is 2. The van der Waals surface area contributed by atoms with Gasteiger partial charge in [-0.2, -0.15) is 0 Å².